The first kappa shape index (κ1) is 6.67. The molecule has 0 N–H and O–H groups in total. The molecule has 0 atom stereocenters. The van der Waals surface area contributed by atoms with Gasteiger partial charge in [-0.15, -0.1) is 10.2 Å². The van der Waals surface area contributed by atoms with Gasteiger partial charge in [0.1, 0.15) is 5.52 Å². The van der Waals surface area contributed by atoms with Crippen LogP contribution in [0.15, 0.2) is 22.7 Å². The van der Waals surface area contributed by atoms with Gasteiger partial charge in [0.05, 0.1) is 5.52 Å². The molecule has 0 saturated heterocycles. The molecule has 53 valence electrons. The topological polar surface area (TPSA) is 38.7 Å². The Balaban J connectivity index is 2.83. The molecule has 0 bridgehead atoms. The molecule has 0 aliphatic rings. The minimum absolute atomic E-state index is 0.776. The van der Waals surface area contributed by atoms with E-state index in [0.29, 0.717) is 0 Å². The van der Waals surface area contributed by atoms with Crippen molar-refractivity contribution in [2.24, 2.45) is 0 Å². The summed E-state index contributed by atoms with van der Waals surface area (Å²) >= 11 is 3.33. The fourth-order valence-corrected chi connectivity index (χ4v) is 1.17. The van der Waals surface area contributed by atoms with E-state index in [1.807, 2.05) is 18.2 Å². The minimum atomic E-state index is 0.776. The number of hydrogen-bond acceptors (Lipinski definition) is 3. The Kier molecular flexibility index (Phi) is 1.54. The fourth-order valence-electron chi connectivity index (χ4n) is 0.824. The van der Waals surface area contributed by atoms with Crippen molar-refractivity contribution >= 4 is 27.0 Å². The van der Waals surface area contributed by atoms with Crippen LogP contribution in [-0.4, -0.2) is 15.2 Å². The maximum Gasteiger partial charge on any atom is 0.222 e. The van der Waals surface area contributed by atoms with Crippen LogP contribution in [0.4, 0.5) is 0 Å². The molecule has 1 aromatic heterocycles. The molecule has 0 saturated carbocycles. The summed E-state index contributed by atoms with van der Waals surface area (Å²) in [5.41, 5.74) is 1.58. The van der Waals surface area contributed by atoms with Gasteiger partial charge in [-0.05, 0) is 18.2 Å². The van der Waals surface area contributed by atoms with Crippen LogP contribution < -0.4 is 0 Å². The lowest BCUT2D eigenvalue weighted by Crippen LogP contribution is -1.85. The van der Waals surface area contributed by atoms with E-state index in [2.05, 4.69) is 37.4 Å². The zero-order valence-electron chi connectivity index (χ0n) is 5.45. The van der Waals surface area contributed by atoms with Crippen LogP contribution >= 0.6 is 15.9 Å². The quantitative estimate of drug-likeness (QED) is 0.661. The van der Waals surface area contributed by atoms with Crippen LogP contribution in [0.3, 0.4) is 0 Å². The molecule has 1 radical (unpaired) electrons. The summed E-state index contributed by atoms with van der Waals surface area (Å²) < 4.78 is 0.979. The lowest BCUT2D eigenvalue weighted by atomic mass is 10.3. The van der Waals surface area contributed by atoms with Crippen molar-refractivity contribution < 1.29 is 0 Å². The van der Waals surface area contributed by atoms with Gasteiger partial charge >= 0.3 is 0 Å². The minimum Gasteiger partial charge on any atom is -0.222 e. The Morgan fingerprint density at radius 1 is 1.27 bits per heavy atom. The van der Waals surface area contributed by atoms with E-state index in [9.17, 15) is 0 Å². The highest BCUT2D eigenvalue weighted by Gasteiger charge is 1.94. The number of nitrogens with zero attached hydrogens (tertiary/aromatic N) is 3. The molecule has 3 nitrogen and oxygen atoms in total. The Hall–Kier alpha value is -1.03. The van der Waals surface area contributed by atoms with Crippen molar-refractivity contribution in [2.75, 3.05) is 0 Å². The second kappa shape index (κ2) is 2.54. The zero-order valence-corrected chi connectivity index (χ0v) is 7.04. The Labute approximate surface area is 71.6 Å². The monoisotopic (exact) mass is 208 g/mol. The van der Waals surface area contributed by atoms with Crippen LogP contribution in [0, 0.1) is 6.33 Å². The van der Waals surface area contributed by atoms with Crippen molar-refractivity contribution in [2.45, 2.75) is 0 Å². The molecule has 0 aliphatic carbocycles. The van der Waals surface area contributed by atoms with Crippen molar-refractivity contribution in [1.82, 2.24) is 15.2 Å². The number of rotatable bonds is 0. The SMILES string of the molecule is Brc1ccc2n[c]nnc2c1. The molecule has 0 fully saturated rings. The number of aromatic nitrogens is 3. The third kappa shape index (κ3) is 1.21. The van der Waals surface area contributed by atoms with E-state index >= 15 is 0 Å². The smallest absolute Gasteiger partial charge is 0.222 e. The van der Waals surface area contributed by atoms with Crippen LogP contribution in [-0.2, 0) is 0 Å². The molecule has 11 heavy (non-hydrogen) atoms. The van der Waals surface area contributed by atoms with E-state index in [4.69, 9.17) is 0 Å². The average molecular weight is 209 g/mol. The summed E-state index contributed by atoms with van der Waals surface area (Å²) in [6, 6.07) is 5.64. The van der Waals surface area contributed by atoms with Crippen molar-refractivity contribution in [1.29, 1.82) is 0 Å². The van der Waals surface area contributed by atoms with Gasteiger partial charge in [-0.2, -0.15) is 0 Å². The second-order valence-corrected chi connectivity index (χ2v) is 2.96. The number of hydrogen-bond donors (Lipinski definition) is 0. The lowest BCUT2D eigenvalue weighted by Gasteiger charge is -1.92. The summed E-state index contributed by atoms with van der Waals surface area (Å²) in [6.45, 7) is 0. The summed E-state index contributed by atoms with van der Waals surface area (Å²) in [6.07, 6.45) is 2.43. The molecule has 1 aromatic carbocycles. The van der Waals surface area contributed by atoms with Crippen LogP contribution in [0.2, 0.25) is 0 Å². The largest absolute Gasteiger partial charge is 0.222 e. The van der Waals surface area contributed by atoms with Gasteiger partial charge in [0.2, 0.25) is 6.33 Å². The second-order valence-electron chi connectivity index (χ2n) is 2.04. The first-order chi connectivity index (χ1) is 5.36. The molecule has 0 unspecified atom stereocenters. The standard InChI is InChI=1S/C7H3BrN3/c8-5-1-2-6-7(3-5)11-10-4-9-6/h1-3H. The molecule has 2 rings (SSSR count). The molecule has 0 aliphatic heterocycles. The maximum atomic E-state index is 3.90. The number of fused-ring (bicyclic) bond motifs is 1. The molecular weight excluding hydrogens is 206 g/mol. The maximum absolute atomic E-state index is 3.90. The fraction of sp³-hybridized carbons (Fsp3) is 0. The van der Waals surface area contributed by atoms with E-state index in [0.717, 1.165) is 15.5 Å². The van der Waals surface area contributed by atoms with Gasteiger partial charge in [-0.1, -0.05) is 15.9 Å². The van der Waals surface area contributed by atoms with E-state index in [-0.39, 0.29) is 0 Å². The van der Waals surface area contributed by atoms with Crippen LogP contribution in [0.25, 0.3) is 11.0 Å². The molecule has 1 heterocycles. The summed E-state index contributed by atoms with van der Waals surface area (Å²) in [5.74, 6) is 0. The predicted octanol–water partition coefficient (Wildman–Crippen LogP) is 1.59. The number of benzene rings is 1. The normalized spacial score (nSPS) is 10.3. The predicted molar refractivity (Wildman–Crippen MR) is 43.9 cm³/mol. The lowest BCUT2D eigenvalue weighted by molar-refractivity contribution is 1.01. The molecule has 0 amide bonds. The van der Waals surface area contributed by atoms with Gasteiger partial charge in [0, 0.05) is 4.47 Å². The summed E-state index contributed by atoms with van der Waals surface area (Å²) in [7, 11) is 0. The summed E-state index contributed by atoms with van der Waals surface area (Å²) in [4.78, 5) is 3.90. The molecule has 0 spiro atoms. The highest BCUT2D eigenvalue weighted by Crippen LogP contribution is 2.14. The highest BCUT2D eigenvalue weighted by atomic mass is 79.9. The van der Waals surface area contributed by atoms with Gasteiger partial charge in [0.15, 0.2) is 0 Å². The van der Waals surface area contributed by atoms with Crippen molar-refractivity contribution in [3.63, 3.8) is 0 Å². The van der Waals surface area contributed by atoms with Gasteiger partial charge < -0.3 is 0 Å². The Morgan fingerprint density at radius 3 is 3.09 bits per heavy atom. The first-order valence-corrected chi connectivity index (χ1v) is 3.81. The van der Waals surface area contributed by atoms with Gasteiger partial charge in [-0.3, -0.25) is 0 Å². The first-order valence-electron chi connectivity index (χ1n) is 3.02. The van der Waals surface area contributed by atoms with Crippen molar-refractivity contribution in [3.05, 3.63) is 29.0 Å². The van der Waals surface area contributed by atoms with Crippen LogP contribution in [0.1, 0.15) is 0 Å². The molecule has 2 aromatic rings. The average Bonchev–Trinajstić information content (AvgIpc) is 2.04. The van der Waals surface area contributed by atoms with Gasteiger partial charge in [-0.25, -0.2) is 4.98 Å². The third-order valence-corrected chi connectivity index (χ3v) is 1.80. The highest BCUT2D eigenvalue weighted by molar-refractivity contribution is 9.10. The van der Waals surface area contributed by atoms with Crippen LogP contribution in [0.5, 0.6) is 0 Å². The molecule has 4 heteroatoms. The van der Waals surface area contributed by atoms with E-state index < -0.39 is 0 Å². The third-order valence-electron chi connectivity index (χ3n) is 1.31. The van der Waals surface area contributed by atoms with E-state index in [1.54, 1.807) is 0 Å². The van der Waals surface area contributed by atoms with Gasteiger partial charge in [0.25, 0.3) is 0 Å². The zero-order chi connectivity index (χ0) is 7.68. The Bertz CT molecular complexity index is 388. The Morgan fingerprint density at radius 2 is 2.18 bits per heavy atom. The van der Waals surface area contributed by atoms with E-state index in [1.165, 1.54) is 0 Å². The molecular formula is C7H3BrN3. The van der Waals surface area contributed by atoms with Crippen molar-refractivity contribution in [3.8, 4) is 0 Å². The number of halogens is 1. The summed E-state index contributed by atoms with van der Waals surface area (Å²) in [5, 5.41) is 7.39.